The van der Waals surface area contributed by atoms with Crippen molar-refractivity contribution in [1.82, 2.24) is 0 Å². The zero-order chi connectivity index (χ0) is 14.2. The number of hydrogen-bond acceptors (Lipinski definition) is 3. The first-order valence-electron chi connectivity index (χ1n) is 6.46. The molecule has 19 heavy (non-hydrogen) atoms. The van der Waals surface area contributed by atoms with Crippen molar-refractivity contribution in [2.75, 3.05) is 11.4 Å². The Morgan fingerprint density at radius 1 is 1.47 bits per heavy atom. The van der Waals surface area contributed by atoms with Gasteiger partial charge >= 0.3 is 0 Å². The topological polar surface area (TPSA) is 63.5 Å². The van der Waals surface area contributed by atoms with Crippen molar-refractivity contribution in [1.29, 1.82) is 0 Å². The number of anilines is 1. The number of non-ortho nitro benzene ring substituents is 1. The average molecular weight is 262 g/mol. The first-order valence-corrected chi connectivity index (χ1v) is 6.46. The van der Waals surface area contributed by atoms with Crippen LogP contribution in [0.25, 0.3) is 0 Å². The van der Waals surface area contributed by atoms with Crippen molar-refractivity contribution >= 4 is 17.3 Å². The van der Waals surface area contributed by atoms with Gasteiger partial charge in [-0.15, -0.1) is 0 Å². The molecule has 5 heteroatoms. The standard InChI is InChI=1S/C14H18N2O3/c1-4-13(17)15-8-7-14(2,3)11-6-5-10(16(18)19)9-12(11)15/h5-6,9H,4,7-8H2,1-3H3. The molecule has 1 aliphatic heterocycles. The molecule has 0 bridgehead atoms. The zero-order valence-corrected chi connectivity index (χ0v) is 11.5. The minimum atomic E-state index is -0.420. The van der Waals surface area contributed by atoms with E-state index in [0.717, 1.165) is 12.0 Å². The summed E-state index contributed by atoms with van der Waals surface area (Å²) in [6, 6.07) is 4.81. The van der Waals surface area contributed by atoms with Crippen LogP contribution in [-0.4, -0.2) is 17.4 Å². The Hall–Kier alpha value is -1.91. The SMILES string of the molecule is CCC(=O)N1CCC(C)(C)c2ccc([N+](=O)[O-])cc21. The molecule has 102 valence electrons. The van der Waals surface area contributed by atoms with Gasteiger partial charge < -0.3 is 4.90 Å². The van der Waals surface area contributed by atoms with Gasteiger partial charge in [-0.1, -0.05) is 20.8 Å². The van der Waals surface area contributed by atoms with E-state index in [-0.39, 0.29) is 17.0 Å². The van der Waals surface area contributed by atoms with Crippen LogP contribution < -0.4 is 4.90 Å². The first-order chi connectivity index (χ1) is 8.86. The second kappa shape index (κ2) is 4.64. The largest absolute Gasteiger partial charge is 0.312 e. The van der Waals surface area contributed by atoms with Gasteiger partial charge in [-0.2, -0.15) is 0 Å². The Labute approximate surface area is 112 Å². The van der Waals surface area contributed by atoms with Crippen molar-refractivity contribution < 1.29 is 9.72 Å². The smallest absolute Gasteiger partial charge is 0.271 e. The van der Waals surface area contributed by atoms with Crippen LogP contribution in [0.1, 0.15) is 39.2 Å². The van der Waals surface area contributed by atoms with E-state index in [9.17, 15) is 14.9 Å². The maximum atomic E-state index is 12.0. The number of nitro benzene ring substituents is 1. The highest BCUT2D eigenvalue weighted by Crippen LogP contribution is 2.41. The molecule has 0 saturated carbocycles. The van der Waals surface area contributed by atoms with E-state index >= 15 is 0 Å². The number of carbonyl (C=O) groups excluding carboxylic acids is 1. The summed E-state index contributed by atoms with van der Waals surface area (Å²) in [6.45, 7) is 6.63. The van der Waals surface area contributed by atoms with Crippen LogP contribution in [0.5, 0.6) is 0 Å². The zero-order valence-electron chi connectivity index (χ0n) is 11.5. The lowest BCUT2D eigenvalue weighted by molar-refractivity contribution is -0.384. The summed E-state index contributed by atoms with van der Waals surface area (Å²) in [6.07, 6.45) is 1.27. The molecular weight excluding hydrogens is 244 g/mol. The van der Waals surface area contributed by atoms with Crippen LogP contribution in [-0.2, 0) is 10.2 Å². The summed E-state index contributed by atoms with van der Waals surface area (Å²) in [5.74, 6) is 0.0113. The Morgan fingerprint density at radius 3 is 2.74 bits per heavy atom. The normalized spacial score (nSPS) is 16.9. The van der Waals surface area contributed by atoms with Gasteiger partial charge in [-0.25, -0.2) is 0 Å². The van der Waals surface area contributed by atoms with E-state index in [4.69, 9.17) is 0 Å². The van der Waals surface area contributed by atoms with E-state index in [1.54, 1.807) is 17.9 Å². The molecule has 1 aromatic carbocycles. The van der Waals surface area contributed by atoms with Crippen molar-refractivity contribution in [3.05, 3.63) is 33.9 Å². The Balaban J connectivity index is 2.57. The molecule has 0 aliphatic carbocycles. The summed E-state index contributed by atoms with van der Waals surface area (Å²) in [4.78, 5) is 24.1. The number of amides is 1. The second-order valence-electron chi connectivity index (χ2n) is 5.49. The van der Waals surface area contributed by atoms with Gasteiger partial charge in [0.25, 0.3) is 5.69 Å². The number of nitro groups is 1. The van der Waals surface area contributed by atoms with Gasteiger partial charge in [0.1, 0.15) is 0 Å². The Bertz CT molecular complexity index is 537. The van der Waals surface area contributed by atoms with Crippen LogP contribution in [0.2, 0.25) is 0 Å². The van der Waals surface area contributed by atoms with E-state index < -0.39 is 4.92 Å². The van der Waals surface area contributed by atoms with E-state index in [0.29, 0.717) is 18.7 Å². The number of fused-ring (bicyclic) bond motifs is 1. The molecule has 5 nitrogen and oxygen atoms in total. The van der Waals surface area contributed by atoms with E-state index in [1.807, 2.05) is 0 Å². The highest BCUT2D eigenvalue weighted by Gasteiger charge is 2.34. The third-order valence-corrected chi connectivity index (χ3v) is 3.78. The Kier molecular flexibility index (Phi) is 3.30. The predicted octanol–water partition coefficient (Wildman–Crippen LogP) is 3.02. The number of hydrogen-bond donors (Lipinski definition) is 0. The lowest BCUT2D eigenvalue weighted by Crippen LogP contribution is -2.40. The van der Waals surface area contributed by atoms with Crippen molar-refractivity contribution in [2.45, 2.75) is 39.0 Å². The third-order valence-electron chi connectivity index (χ3n) is 3.78. The fraction of sp³-hybridized carbons (Fsp3) is 0.500. The van der Waals surface area contributed by atoms with Gasteiger partial charge in [-0.05, 0) is 23.5 Å². The molecule has 0 unspecified atom stereocenters. The molecule has 0 fully saturated rings. The van der Waals surface area contributed by atoms with Gasteiger partial charge in [0.15, 0.2) is 0 Å². The van der Waals surface area contributed by atoms with Gasteiger partial charge in [0, 0.05) is 25.1 Å². The summed E-state index contributed by atoms with van der Waals surface area (Å²) < 4.78 is 0. The molecule has 1 heterocycles. The molecule has 1 amide bonds. The average Bonchev–Trinajstić information content (AvgIpc) is 2.37. The van der Waals surface area contributed by atoms with Crippen LogP contribution in [0.4, 0.5) is 11.4 Å². The van der Waals surface area contributed by atoms with Crippen LogP contribution in [0, 0.1) is 10.1 Å². The second-order valence-corrected chi connectivity index (χ2v) is 5.49. The Morgan fingerprint density at radius 2 is 2.16 bits per heavy atom. The quantitative estimate of drug-likeness (QED) is 0.608. The van der Waals surface area contributed by atoms with Gasteiger partial charge in [0.05, 0.1) is 10.6 Å². The fourth-order valence-corrected chi connectivity index (χ4v) is 2.53. The van der Waals surface area contributed by atoms with E-state index in [1.165, 1.54) is 12.1 Å². The summed E-state index contributed by atoms with van der Waals surface area (Å²) in [5.41, 5.74) is 1.67. The maximum Gasteiger partial charge on any atom is 0.271 e. The molecule has 2 rings (SSSR count). The van der Waals surface area contributed by atoms with Crippen LogP contribution >= 0.6 is 0 Å². The molecule has 0 atom stereocenters. The minimum Gasteiger partial charge on any atom is -0.312 e. The molecule has 0 spiro atoms. The minimum absolute atomic E-state index is 0.0113. The summed E-state index contributed by atoms with van der Waals surface area (Å²) in [5, 5.41) is 10.9. The van der Waals surface area contributed by atoms with Gasteiger partial charge in [-0.3, -0.25) is 14.9 Å². The number of rotatable bonds is 2. The summed E-state index contributed by atoms with van der Waals surface area (Å²) >= 11 is 0. The van der Waals surface area contributed by atoms with Gasteiger partial charge in [0.2, 0.25) is 5.91 Å². The lowest BCUT2D eigenvalue weighted by Gasteiger charge is -2.38. The first kappa shape index (κ1) is 13.5. The molecule has 1 aromatic rings. The lowest BCUT2D eigenvalue weighted by atomic mass is 9.77. The number of nitrogens with zero attached hydrogens (tertiary/aromatic N) is 2. The van der Waals surface area contributed by atoms with Crippen LogP contribution in [0.3, 0.4) is 0 Å². The molecule has 0 saturated heterocycles. The fourth-order valence-electron chi connectivity index (χ4n) is 2.53. The van der Waals surface area contributed by atoms with Crippen molar-refractivity contribution in [2.24, 2.45) is 0 Å². The highest BCUT2D eigenvalue weighted by molar-refractivity contribution is 5.95. The maximum absolute atomic E-state index is 12.0. The molecule has 1 aliphatic rings. The summed E-state index contributed by atoms with van der Waals surface area (Å²) in [7, 11) is 0. The molecule has 0 radical (unpaired) electrons. The van der Waals surface area contributed by atoms with Crippen LogP contribution in [0.15, 0.2) is 18.2 Å². The van der Waals surface area contributed by atoms with Crippen molar-refractivity contribution in [3.63, 3.8) is 0 Å². The molecular formula is C14H18N2O3. The number of carbonyl (C=O) groups is 1. The monoisotopic (exact) mass is 262 g/mol. The predicted molar refractivity (Wildman–Crippen MR) is 73.4 cm³/mol. The molecule has 0 aromatic heterocycles. The highest BCUT2D eigenvalue weighted by atomic mass is 16.6. The number of benzene rings is 1. The molecule has 0 N–H and O–H groups in total. The van der Waals surface area contributed by atoms with Crippen molar-refractivity contribution in [3.8, 4) is 0 Å². The van der Waals surface area contributed by atoms with E-state index in [2.05, 4.69) is 13.8 Å². The third kappa shape index (κ3) is 2.32.